The van der Waals surface area contributed by atoms with E-state index in [2.05, 4.69) is 10.8 Å². The van der Waals surface area contributed by atoms with Crippen molar-refractivity contribution in [1.29, 1.82) is 0 Å². The molecule has 0 amide bonds. The van der Waals surface area contributed by atoms with E-state index >= 15 is 0 Å². The van der Waals surface area contributed by atoms with Gasteiger partial charge in [0, 0.05) is 6.42 Å². The lowest BCUT2D eigenvalue weighted by Crippen LogP contribution is -2.27. The van der Waals surface area contributed by atoms with E-state index in [0.29, 0.717) is 12.0 Å². The van der Waals surface area contributed by atoms with E-state index in [-0.39, 0.29) is 18.1 Å². The molecule has 104 valence electrons. The molecule has 0 aromatic rings. The topological polar surface area (TPSA) is 43.4 Å². The molecule has 0 aromatic heterocycles. The summed E-state index contributed by atoms with van der Waals surface area (Å²) in [6, 6.07) is 0. The molecule has 0 aliphatic heterocycles. The van der Waals surface area contributed by atoms with E-state index in [4.69, 9.17) is 0 Å². The van der Waals surface area contributed by atoms with Crippen molar-refractivity contribution >= 4 is 10.1 Å². The monoisotopic (exact) mass is 284 g/mol. The standard InChI is InChI=1S/C11H15F3O3S/c1-7(2)9-5-4-8(3)10(6-9)17-18(15,16)11(12,13)14/h9H,1,4-6H2,2-3H3. The molecule has 0 fully saturated rings. The van der Waals surface area contributed by atoms with Gasteiger partial charge in [-0.2, -0.15) is 21.6 Å². The summed E-state index contributed by atoms with van der Waals surface area (Å²) in [6.07, 6.45) is 1.41. The van der Waals surface area contributed by atoms with E-state index in [1.807, 2.05) is 0 Å². The summed E-state index contributed by atoms with van der Waals surface area (Å²) >= 11 is 0. The average molecular weight is 284 g/mol. The second kappa shape index (κ2) is 4.95. The van der Waals surface area contributed by atoms with E-state index in [1.54, 1.807) is 13.8 Å². The molecule has 18 heavy (non-hydrogen) atoms. The fourth-order valence-corrected chi connectivity index (χ4v) is 2.31. The summed E-state index contributed by atoms with van der Waals surface area (Å²) in [5.41, 5.74) is -4.04. The number of hydrogen-bond acceptors (Lipinski definition) is 3. The summed E-state index contributed by atoms with van der Waals surface area (Å²) in [6.45, 7) is 7.08. The van der Waals surface area contributed by atoms with Crippen LogP contribution in [0.4, 0.5) is 13.2 Å². The molecule has 0 heterocycles. The smallest absolute Gasteiger partial charge is 0.381 e. The molecule has 0 N–H and O–H groups in total. The van der Waals surface area contributed by atoms with Crippen LogP contribution in [0.5, 0.6) is 0 Å². The fraction of sp³-hybridized carbons (Fsp3) is 0.636. The second-order valence-electron chi connectivity index (χ2n) is 4.47. The molecule has 1 unspecified atom stereocenters. The summed E-state index contributed by atoms with van der Waals surface area (Å²) in [4.78, 5) is 0. The van der Waals surface area contributed by atoms with Gasteiger partial charge in [0.05, 0.1) is 0 Å². The molecular formula is C11H15F3O3S. The van der Waals surface area contributed by atoms with Crippen molar-refractivity contribution in [3.8, 4) is 0 Å². The first-order valence-electron chi connectivity index (χ1n) is 5.39. The van der Waals surface area contributed by atoms with Gasteiger partial charge in [-0.25, -0.2) is 0 Å². The summed E-state index contributed by atoms with van der Waals surface area (Å²) in [5, 5.41) is 0. The van der Waals surface area contributed by atoms with Crippen LogP contribution < -0.4 is 0 Å². The molecule has 7 heteroatoms. The van der Waals surface area contributed by atoms with E-state index in [9.17, 15) is 21.6 Å². The first kappa shape index (κ1) is 15.1. The highest BCUT2D eigenvalue weighted by Gasteiger charge is 2.49. The van der Waals surface area contributed by atoms with Crippen LogP contribution in [0.2, 0.25) is 0 Å². The highest BCUT2D eigenvalue weighted by molar-refractivity contribution is 7.87. The summed E-state index contributed by atoms with van der Waals surface area (Å²) in [7, 11) is -5.57. The van der Waals surface area contributed by atoms with Gasteiger partial charge in [0.2, 0.25) is 0 Å². The molecule has 1 aliphatic rings. The Labute approximate surface area is 104 Å². The molecule has 0 radical (unpaired) electrons. The Morgan fingerprint density at radius 2 is 2.00 bits per heavy atom. The number of alkyl halides is 3. The van der Waals surface area contributed by atoms with E-state index < -0.39 is 15.6 Å². The van der Waals surface area contributed by atoms with Gasteiger partial charge in [0.15, 0.2) is 0 Å². The molecule has 0 bridgehead atoms. The molecule has 1 atom stereocenters. The molecule has 3 nitrogen and oxygen atoms in total. The van der Waals surface area contributed by atoms with E-state index in [0.717, 1.165) is 12.0 Å². The third kappa shape index (κ3) is 3.28. The normalized spacial score (nSPS) is 21.9. The molecule has 1 rings (SSSR count). The molecule has 1 aliphatic carbocycles. The molecule has 0 spiro atoms. The van der Waals surface area contributed by atoms with Gasteiger partial charge in [-0.1, -0.05) is 12.2 Å². The van der Waals surface area contributed by atoms with Gasteiger partial charge < -0.3 is 4.18 Å². The Bertz CT molecular complexity index is 474. The minimum Gasteiger partial charge on any atom is -0.381 e. The first-order chi connectivity index (χ1) is 8.04. The number of hydrogen-bond donors (Lipinski definition) is 0. The molecule has 0 aromatic carbocycles. The lowest BCUT2D eigenvalue weighted by molar-refractivity contribution is -0.0525. The Balaban J connectivity index is 2.93. The van der Waals surface area contributed by atoms with Gasteiger partial charge in [-0.05, 0) is 38.2 Å². The van der Waals surface area contributed by atoms with Crippen molar-refractivity contribution in [2.24, 2.45) is 5.92 Å². The molecule has 0 saturated carbocycles. The van der Waals surface area contributed by atoms with Crippen molar-refractivity contribution in [3.05, 3.63) is 23.5 Å². The zero-order chi connectivity index (χ0) is 14.1. The minimum absolute atomic E-state index is 0.0351. The zero-order valence-electron chi connectivity index (χ0n) is 10.2. The Morgan fingerprint density at radius 1 is 1.44 bits per heavy atom. The summed E-state index contributed by atoms with van der Waals surface area (Å²) < 4.78 is 62.8. The maximum absolute atomic E-state index is 12.2. The SMILES string of the molecule is C=C(C)C1CCC(C)=C(OS(=O)(=O)C(F)(F)F)C1. The van der Waals surface area contributed by atoms with Crippen LogP contribution in [0.1, 0.15) is 33.1 Å². The quantitative estimate of drug-likeness (QED) is 0.452. The van der Waals surface area contributed by atoms with Gasteiger partial charge in [0.1, 0.15) is 5.76 Å². The Morgan fingerprint density at radius 3 is 2.44 bits per heavy atom. The number of allylic oxidation sites excluding steroid dienone is 3. The van der Waals surface area contributed by atoms with Crippen molar-refractivity contribution in [3.63, 3.8) is 0 Å². The van der Waals surface area contributed by atoms with Crippen LogP contribution >= 0.6 is 0 Å². The Kier molecular flexibility index (Phi) is 4.15. The second-order valence-corrected chi connectivity index (χ2v) is 6.01. The van der Waals surface area contributed by atoms with Crippen LogP contribution in [0.15, 0.2) is 23.5 Å². The lowest BCUT2D eigenvalue weighted by Gasteiger charge is -2.25. The highest BCUT2D eigenvalue weighted by atomic mass is 32.2. The first-order valence-corrected chi connectivity index (χ1v) is 6.80. The van der Waals surface area contributed by atoms with Crippen LogP contribution in [0.25, 0.3) is 0 Å². The predicted octanol–water partition coefficient (Wildman–Crippen LogP) is 3.50. The molecule has 0 saturated heterocycles. The van der Waals surface area contributed by atoms with Gasteiger partial charge >= 0.3 is 15.6 Å². The van der Waals surface area contributed by atoms with Crippen molar-refractivity contribution in [2.75, 3.05) is 0 Å². The largest absolute Gasteiger partial charge is 0.534 e. The summed E-state index contributed by atoms with van der Waals surface area (Å²) in [5.74, 6) is -0.140. The van der Waals surface area contributed by atoms with Gasteiger partial charge in [0.25, 0.3) is 0 Å². The van der Waals surface area contributed by atoms with Crippen molar-refractivity contribution in [2.45, 2.75) is 38.6 Å². The Hall–Kier alpha value is -0.980. The third-order valence-electron chi connectivity index (χ3n) is 2.97. The van der Waals surface area contributed by atoms with Crippen LogP contribution in [-0.4, -0.2) is 13.9 Å². The van der Waals surface area contributed by atoms with Crippen molar-refractivity contribution in [1.82, 2.24) is 0 Å². The van der Waals surface area contributed by atoms with Crippen LogP contribution in [-0.2, 0) is 14.3 Å². The third-order valence-corrected chi connectivity index (χ3v) is 3.95. The number of halogens is 3. The molecular weight excluding hydrogens is 269 g/mol. The fourth-order valence-electron chi connectivity index (χ4n) is 1.74. The zero-order valence-corrected chi connectivity index (χ0v) is 11.0. The van der Waals surface area contributed by atoms with Gasteiger partial charge in [-0.15, -0.1) is 0 Å². The van der Waals surface area contributed by atoms with Gasteiger partial charge in [-0.3, -0.25) is 0 Å². The maximum atomic E-state index is 12.2. The highest BCUT2D eigenvalue weighted by Crippen LogP contribution is 2.36. The van der Waals surface area contributed by atoms with E-state index in [1.165, 1.54) is 0 Å². The van der Waals surface area contributed by atoms with Crippen molar-refractivity contribution < 1.29 is 25.8 Å². The average Bonchev–Trinajstić information content (AvgIpc) is 2.18. The van der Waals surface area contributed by atoms with Crippen LogP contribution in [0.3, 0.4) is 0 Å². The predicted molar refractivity (Wildman–Crippen MR) is 60.9 cm³/mol. The minimum atomic E-state index is -5.57. The number of rotatable bonds is 3. The van der Waals surface area contributed by atoms with Crippen LogP contribution in [0, 0.1) is 5.92 Å². The lowest BCUT2D eigenvalue weighted by atomic mass is 9.85. The maximum Gasteiger partial charge on any atom is 0.534 e.